The lowest BCUT2D eigenvalue weighted by Crippen LogP contribution is -2.45. The minimum absolute atomic E-state index is 0.261. The highest BCUT2D eigenvalue weighted by Gasteiger charge is 2.10. The van der Waals surface area contributed by atoms with Crippen LogP contribution in [0.3, 0.4) is 0 Å². The van der Waals surface area contributed by atoms with Crippen LogP contribution in [0.5, 0.6) is 0 Å². The van der Waals surface area contributed by atoms with Gasteiger partial charge in [-0.15, -0.1) is 0 Å². The van der Waals surface area contributed by atoms with Crippen LogP contribution in [0.1, 0.15) is 5.56 Å². The van der Waals surface area contributed by atoms with Crippen LogP contribution >= 0.6 is 11.6 Å². The molecule has 1 fully saturated rings. The van der Waals surface area contributed by atoms with Gasteiger partial charge in [-0.2, -0.15) is 0 Å². The number of rotatable bonds is 3. The first-order chi connectivity index (χ1) is 7.75. The number of nitrogens with one attached hydrogen (secondary N) is 1. The zero-order valence-corrected chi connectivity index (χ0v) is 9.63. The van der Waals surface area contributed by atoms with Crippen molar-refractivity contribution in [2.45, 2.75) is 6.54 Å². The van der Waals surface area contributed by atoms with Crippen LogP contribution in [0.2, 0.25) is 5.02 Å². The molecule has 88 valence electrons. The normalized spacial score (nSPS) is 17.6. The fourth-order valence-corrected chi connectivity index (χ4v) is 1.78. The van der Waals surface area contributed by atoms with Gasteiger partial charge in [0, 0.05) is 24.7 Å². The van der Waals surface area contributed by atoms with Crippen molar-refractivity contribution in [3.05, 3.63) is 34.6 Å². The Bertz CT molecular complexity index is 356. The fraction of sp³-hybridized carbons (Fsp3) is 0.455. The zero-order chi connectivity index (χ0) is 11.4. The van der Waals surface area contributed by atoms with E-state index >= 15 is 0 Å². The highest BCUT2D eigenvalue weighted by molar-refractivity contribution is 6.31. The molecule has 0 bridgehead atoms. The monoisotopic (exact) mass is 244 g/mol. The van der Waals surface area contributed by atoms with Crippen LogP contribution in [0.15, 0.2) is 18.2 Å². The molecule has 0 atom stereocenters. The van der Waals surface area contributed by atoms with Gasteiger partial charge >= 0.3 is 0 Å². The quantitative estimate of drug-likeness (QED) is 0.878. The maximum absolute atomic E-state index is 13.0. The first kappa shape index (κ1) is 11.8. The van der Waals surface area contributed by atoms with Crippen LogP contribution in [0.25, 0.3) is 0 Å². The third-order valence-corrected chi connectivity index (χ3v) is 2.88. The second-order valence-corrected chi connectivity index (χ2v) is 4.08. The lowest BCUT2D eigenvalue weighted by molar-refractivity contribution is 0.0105. The maximum Gasteiger partial charge on any atom is 0.123 e. The van der Waals surface area contributed by atoms with Gasteiger partial charge in [0.1, 0.15) is 5.82 Å². The number of hydrazine groups is 1. The molecule has 1 aliphatic rings. The Morgan fingerprint density at radius 2 is 2.12 bits per heavy atom. The summed E-state index contributed by atoms with van der Waals surface area (Å²) in [7, 11) is 0. The van der Waals surface area contributed by atoms with E-state index < -0.39 is 0 Å². The Morgan fingerprint density at radius 3 is 2.88 bits per heavy atom. The summed E-state index contributed by atoms with van der Waals surface area (Å²) in [6.07, 6.45) is 0. The average Bonchev–Trinajstić information content (AvgIpc) is 2.32. The number of hydrogen-bond donors (Lipinski definition) is 1. The molecule has 0 aliphatic carbocycles. The molecule has 1 saturated heterocycles. The number of ether oxygens (including phenoxy) is 1. The van der Waals surface area contributed by atoms with Gasteiger partial charge < -0.3 is 4.74 Å². The molecular weight excluding hydrogens is 231 g/mol. The van der Waals surface area contributed by atoms with Crippen LogP contribution < -0.4 is 5.43 Å². The highest BCUT2D eigenvalue weighted by atomic mass is 35.5. The van der Waals surface area contributed by atoms with Crippen LogP contribution in [0, 0.1) is 5.82 Å². The first-order valence-corrected chi connectivity index (χ1v) is 5.63. The molecule has 1 heterocycles. The topological polar surface area (TPSA) is 24.5 Å². The van der Waals surface area contributed by atoms with Crippen LogP contribution in [-0.4, -0.2) is 31.3 Å². The summed E-state index contributed by atoms with van der Waals surface area (Å²) >= 11 is 5.96. The Labute approximate surface area is 99.1 Å². The molecule has 3 nitrogen and oxygen atoms in total. The molecule has 1 N–H and O–H groups in total. The molecule has 0 aromatic heterocycles. The third kappa shape index (κ3) is 3.15. The molecule has 2 rings (SSSR count). The van der Waals surface area contributed by atoms with Crippen molar-refractivity contribution in [2.75, 3.05) is 26.3 Å². The van der Waals surface area contributed by atoms with Gasteiger partial charge in [-0.3, -0.25) is 5.43 Å². The zero-order valence-electron chi connectivity index (χ0n) is 8.88. The molecule has 1 aromatic carbocycles. The minimum Gasteiger partial charge on any atom is -0.379 e. The minimum atomic E-state index is -0.261. The number of halogens is 2. The molecule has 0 radical (unpaired) electrons. The van der Waals surface area contributed by atoms with Gasteiger partial charge in [0.2, 0.25) is 0 Å². The summed E-state index contributed by atoms with van der Waals surface area (Å²) in [5.74, 6) is -0.261. The predicted octanol–water partition coefficient (Wildman–Crippen LogP) is 1.82. The number of benzene rings is 1. The number of nitrogens with zero attached hydrogens (tertiary/aromatic N) is 1. The summed E-state index contributed by atoms with van der Waals surface area (Å²) in [4.78, 5) is 0. The van der Waals surface area contributed by atoms with Gasteiger partial charge in [-0.05, 0) is 23.8 Å². The molecule has 1 aliphatic heterocycles. The van der Waals surface area contributed by atoms with E-state index in [0.29, 0.717) is 11.6 Å². The second kappa shape index (κ2) is 5.59. The highest BCUT2D eigenvalue weighted by Crippen LogP contribution is 2.16. The number of hydrogen-bond acceptors (Lipinski definition) is 3. The third-order valence-electron chi connectivity index (χ3n) is 2.51. The summed E-state index contributed by atoms with van der Waals surface area (Å²) in [5, 5.41) is 2.65. The Balaban J connectivity index is 1.90. The summed E-state index contributed by atoms with van der Waals surface area (Å²) in [5.41, 5.74) is 3.98. The second-order valence-electron chi connectivity index (χ2n) is 3.67. The van der Waals surface area contributed by atoms with E-state index in [9.17, 15) is 4.39 Å². The standard InChI is InChI=1S/C11H14ClFN2O/c12-11-2-1-10(13)7-9(11)8-14-15-3-5-16-6-4-15/h1-2,7,14H,3-6,8H2. The lowest BCUT2D eigenvalue weighted by atomic mass is 10.2. The van der Waals surface area contributed by atoms with E-state index in [1.807, 2.05) is 0 Å². The summed E-state index contributed by atoms with van der Waals surface area (Å²) in [6.45, 7) is 3.67. The van der Waals surface area contributed by atoms with E-state index in [0.717, 1.165) is 31.9 Å². The van der Waals surface area contributed by atoms with Crippen molar-refractivity contribution in [3.63, 3.8) is 0 Å². The van der Waals surface area contributed by atoms with E-state index in [2.05, 4.69) is 10.4 Å². The van der Waals surface area contributed by atoms with E-state index in [1.165, 1.54) is 12.1 Å². The Kier molecular flexibility index (Phi) is 4.12. The van der Waals surface area contributed by atoms with Crippen LogP contribution in [-0.2, 0) is 11.3 Å². The SMILES string of the molecule is Fc1ccc(Cl)c(CNN2CCOCC2)c1. The van der Waals surface area contributed by atoms with E-state index in [4.69, 9.17) is 16.3 Å². The van der Waals surface area contributed by atoms with Crippen LogP contribution in [0.4, 0.5) is 4.39 Å². The smallest absolute Gasteiger partial charge is 0.123 e. The largest absolute Gasteiger partial charge is 0.379 e. The molecule has 0 amide bonds. The van der Waals surface area contributed by atoms with Gasteiger partial charge in [0.25, 0.3) is 0 Å². The van der Waals surface area contributed by atoms with E-state index in [-0.39, 0.29) is 5.82 Å². The maximum atomic E-state index is 13.0. The van der Waals surface area contributed by atoms with Crippen molar-refractivity contribution in [3.8, 4) is 0 Å². The average molecular weight is 245 g/mol. The summed E-state index contributed by atoms with van der Waals surface area (Å²) in [6, 6.07) is 4.39. The molecule has 0 spiro atoms. The van der Waals surface area contributed by atoms with Crippen molar-refractivity contribution >= 4 is 11.6 Å². The number of morpholine rings is 1. The molecule has 1 aromatic rings. The first-order valence-electron chi connectivity index (χ1n) is 5.26. The molecular formula is C11H14ClFN2O. The van der Waals surface area contributed by atoms with Crippen molar-refractivity contribution in [1.82, 2.24) is 10.4 Å². The predicted molar refractivity (Wildman–Crippen MR) is 60.6 cm³/mol. The molecule has 16 heavy (non-hydrogen) atoms. The van der Waals surface area contributed by atoms with E-state index in [1.54, 1.807) is 6.07 Å². The van der Waals surface area contributed by atoms with Crippen molar-refractivity contribution < 1.29 is 9.13 Å². The van der Waals surface area contributed by atoms with Gasteiger partial charge in [-0.1, -0.05) is 11.6 Å². The van der Waals surface area contributed by atoms with Gasteiger partial charge in [0.15, 0.2) is 0 Å². The summed E-state index contributed by atoms with van der Waals surface area (Å²) < 4.78 is 18.2. The Morgan fingerprint density at radius 1 is 1.38 bits per heavy atom. The molecule has 0 saturated carbocycles. The van der Waals surface area contributed by atoms with Crippen molar-refractivity contribution in [2.24, 2.45) is 0 Å². The van der Waals surface area contributed by atoms with Gasteiger partial charge in [-0.25, -0.2) is 9.40 Å². The molecule has 0 unspecified atom stereocenters. The van der Waals surface area contributed by atoms with Gasteiger partial charge in [0.05, 0.1) is 13.2 Å². The Hall–Kier alpha value is -0.680. The van der Waals surface area contributed by atoms with Crippen molar-refractivity contribution in [1.29, 1.82) is 0 Å². The fourth-order valence-electron chi connectivity index (χ4n) is 1.60. The molecule has 5 heteroatoms. The lowest BCUT2D eigenvalue weighted by Gasteiger charge is -2.27.